The van der Waals surface area contributed by atoms with E-state index in [0.29, 0.717) is 18.2 Å². The summed E-state index contributed by atoms with van der Waals surface area (Å²) in [6, 6.07) is 7.97. The number of para-hydroxylation sites is 1. The number of benzene rings is 1. The highest BCUT2D eigenvalue weighted by molar-refractivity contribution is 8.00. The van der Waals surface area contributed by atoms with Crippen LogP contribution in [-0.2, 0) is 22.6 Å². The Morgan fingerprint density at radius 2 is 2.16 bits per heavy atom. The zero-order valence-corrected chi connectivity index (χ0v) is 15.6. The number of carbonyl (C=O) groups excluding carboxylic acids is 2. The van der Waals surface area contributed by atoms with E-state index < -0.39 is 0 Å². The minimum absolute atomic E-state index is 0.0393. The largest absolute Gasteiger partial charge is 0.461 e. The van der Waals surface area contributed by atoms with Crippen molar-refractivity contribution in [3.05, 3.63) is 35.6 Å². The van der Waals surface area contributed by atoms with Crippen LogP contribution in [-0.4, -0.2) is 46.8 Å². The molecule has 2 heterocycles. The number of fused-ring (bicyclic) bond motifs is 1. The van der Waals surface area contributed by atoms with Gasteiger partial charge in [-0.25, -0.2) is 0 Å². The predicted octanol–water partition coefficient (Wildman–Crippen LogP) is 3.27. The predicted molar refractivity (Wildman–Crippen MR) is 100 cm³/mol. The van der Waals surface area contributed by atoms with Crippen molar-refractivity contribution < 1.29 is 14.0 Å². The summed E-state index contributed by atoms with van der Waals surface area (Å²) < 4.78 is 6.03. The number of rotatable bonds is 7. The molecule has 1 aromatic heterocycles. The number of nitrogens with zero attached hydrogens (tertiary/aromatic N) is 2. The molecule has 6 heteroatoms. The molecule has 1 aliphatic rings. The molecular formula is C19H24N2O3S. The zero-order valence-electron chi connectivity index (χ0n) is 14.8. The van der Waals surface area contributed by atoms with E-state index in [-0.39, 0.29) is 18.4 Å². The molecule has 0 radical (unpaired) electrons. The van der Waals surface area contributed by atoms with Gasteiger partial charge in [-0.1, -0.05) is 31.5 Å². The van der Waals surface area contributed by atoms with E-state index in [4.69, 9.17) is 4.42 Å². The maximum atomic E-state index is 12.5. The maximum Gasteiger partial charge on any atom is 0.242 e. The average molecular weight is 360 g/mol. The van der Waals surface area contributed by atoms with Crippen LogP contribution < -0.4 is 0 Å². The van der Waals surface area contributed by atoms with Gasteiger partial charge in [-0.3, -0.25) is 9.59 Å². The Labute approximate surface area is 152 Å². The number of likely N-dealkylation sites (N-methyl/N-ethyl adjacent to an activating group) is 1. The van der Waals surface area contributed by atoms with Gasteiger partial charge in [-0.05, 0) is 12.5 Å². The van der Waals surface area contributed by atoms with Crippen molar-refractivity contribution in [2.75, 3.05) is 25.2 Å². The molecule has 0 saturated carbocycles. The van der Waals surface area contributed by atoms with E-state index in [1.54, 1.807) is 28.6 Å². The van der Waals surface area contributed by atoms with E-state index in [2.05, 4.69) is 6.92 Å². The molecule has 25 heavy (non-hydrogen) atoms. The number of hydrogen-bond acceptors (Lipinski definition) is 4. The van der Waals surface area contributed by atoms with Gasteiger partial charge in [-0.2, -0.15) is 0 Å². The summed E-state index contributed by atoms with van der Waals surface area (Å²) in [5.74, 6) is 2.06. The summed E-state index contributed by atoms with van der Waals surface area (Å²) in [6.45, 7) is 2.82. The van der Waals surface area contributed by atoms with Crippen molar-refractivity contribution in [1.29, 1.82) is 0 Å². The van der Waals surface area contributed by atoms with Gasteiger partial charge >= 0.3 is 0 Å². The van der Waals surface area contributed by atoms with E-state index in [9.17, 15) is 9.59 Å². The third-order valence-electron chi connectivity index (χ3n) is 4.51. The fraction of sp³-hybridized carbons (Fsp3) is 0.474. The highest BCUT2D eigenvalue weighted by Gasteiger charge is 2.25. The van der Waals surface area contributed by atoms with Gasteiger partial charge in [-0.15, -0.1) is 11.8 Å². The smallest absolute Gasteiger partial charge is 0.242 e. The Morgan fingerprint density at radius 1 is 1.36 bits per heavy atom. The Kier molecular flexibility index (Phi) is 5.68. The second kappa shape index (κ2) is 7.95. The number of thioether (sulfide) groups is 1. The topological polar surface area (TPSA) is 53.8 Å². The molecular weight excluding hydrogens is 336 g/mol. The normalized spacial score (nSPS) is 14.5. The fourth-order valence-electron chi connectivity index (χ4n) is 3.01. The SMILES string of the molecule is CCCCc1oc2ccccc2c1CN(C)C(=O)CN1CSCC1=O. The lowest BCUT2D eigenvalue weighted by Crippen LogP contribution is -2.39. The van der Waals surface area contributed by atoms with Crippen molar-refractivity contribution in [1.82, 2.24) is 9.80 Å². The molecule has 0 aliphatic carbocycles. The third-order valence-corrected chi connectivity index (χ3v) is 5.46. The highest BCUT2D eigenvalue weighted by Crippen LogP contribution is 2.28. The molecule has 1 fully saturated rings. The zero-order chi connectivity index (χ0) is 17.8. The summed E-state index contributed by atoms with van der Waals surface area (Å²) in [7, 11) is 1.79. The van der Waals surface area contributed by atoms with Gasteiger partial charge in [0.1, 0.15) is 17.9 Å². The molecule has 0 atom stereocenters. The standard InChI is InChI=1S/C19H24N2O3S/c1-3-4-8-17-15(14-7-5-6-9-16(14)24-17)10-20(2)18(22)11-21-13-25-12-19(21)23/h5-7,9H,3-4,8,10-13H2,1-2H3. The molecule has 1 saturated heterocycles. The van der Waals surface area contributed by atoms with Crippen molar-refractivity contribution in [2.45, 2.75) is 32.7 Å². The lowest BCUT2D eigenvalue weighted by molar-refractivity contribution is -0.137. The van der Waals surface area contributed by atoms with Crippen molar-refractivity contribution in [3.63, 3.8) is 0 Å². The maximum absolute atomic E-state index is 12.5. The Bertz CT molecular complexity index is 771. The monoisotopic (exact) mass is 360 g/mol. The molecule has 0 N–H and O–H groups in total. The first-order valence-electron chi connectivity index (χ1n) is 8.69. The molecule has 0 bridgehead atoms. The molecule has 0 unspecified atom stereocenters. The van der Waals surface area contributed by atoms with Crippen molar-refractivity contribution >= 4 is 34.5 Å². The van der Waals surface area contributed by atoms with Gasteiger partial charge in [0.2, 0.25) is 11.8 Å². The van der Waals surface area contributed by atoms with Gasteiger partial charge in [0.15, 0.2) is 0 Å². The van der Waals surface area contributed by atoms with Gasteiger partial charge in [0.05, 0.1) is 11.6 Å². The van der Waals surface area contributed by atoms with Crippen LogP contribution in [0, 0.1) is 0 Å². The first kappa shape index (κ1) is 17.9. The van der Waals surface area contributed by atoms with E-state index in [0.717, 1.165) is 41.6 Å². The van der Waals surface area contributed by atoms with Crippen LogP contribution in [0.1, 0.15) is 31.1 Å². The van der Waals surface area contributed by atoms with Crippen LogP contribution in [0.3, 0.4) is 0 Å². The number of unbranched alkanes of at least 4 members (excludes halogenated alkanes) is 1. The van der Waals surface area contributed by atoms with Crippen molar-refractivity contribution in [2.24, 2.45) is 0 Å². The quantitative estimate of drug-likeness (QED) is 0.760. The number of hydrogen-bond donors (Lipinski definition) is 0. The molecule has 2 amide bonds. The lowest BCUT2D eigenvalue weighted by atomic mass is 10.1. The molecule has 0 spiro atoms. The van der Waals surface area contributed by atoms with E-state index in [1.807, 2.05) is 24.3 Å². The Morgan fingerprint density at radius 3 is 2.88 bits per heavy atom. The van der Waals surface area contributed by atoms with Crippen LogP contribution in [0.5, 0.6) is 0 Å². The fourth-order valence-corrected chi connectivity index (χ4v) is 3.92. The van der Waals surface area contributed by atoms with Crippen LogP contribution in [0.15, 0.2) is 28.7 Å². The first-order valence-corrected chi connectivity index (χ1v) is 9.84. The minimum Gasteiger partial charge on any atom is -0.461 e. The third kappa shape index (κ3) is 4.00. The second-order valence-corrected chi connectivity index (χ2v) is 7.38. The van der Waals surface area contributed by atoms with Gasteiger partial charge < -0.3 is 14.2 Å². The van der Waals surface area contributed by atoms with Crippen LogP contribution in [0.4, 0.5) is 0 Å². The van der Waals surface area contributed by atoms with Crippen LogP contribution in [0.25, 0.3) is 11.0 Å². The summed E-state index contributed by atoms with van der Waals surface area (Å²) in [6.07, 6.45) is 3.04. The molecule has 3 rings (SSSR count). The molecule has 134 valence electrons. The molecule has 1 aromatic carbocycles. The number of amides is 2. The number of carbonyl (C=O) groups is 2. The van der Waals surface area contributed by atoms with E-state index in [1.165, 1.54) is 0 Å². The Balaban J connectivity index is 1.76. The molecule has 5 nitrogen and oxygen atoms in total. The highest BCUT2D eigenvalue weighted by atomic mass is 32.2. The average Bonchev–Trinajstić information content (AvgIpc) is 3.17. The molecule has 1 aliphatic heterocycles. The summed E-state index contributed by atoms with van der Waals surface area (Å²) in [5, 5.41) is 1.07. The van der Waals surface area contributed by atoms with Crippen molar-refractivity contribution in [3.8, 4) is 0 Å². The van der Waals surface area contributed by atoms with Crippen LogP contribution in [0.2, 0.25) is 0 Å². The van der Waals surface area contributed by atoms with E-state index >= 15 is 0 Å². The van der Waals surface area contributed by atoms with Crippen LogP contribution >= 0.6 is 11.8 Å². The summed E-state index contributed by atoms with van der Waals surface area (Å²) in [4.78, 5) is 27.6. The second-order valence-electron chi connectivity index (χ2n) is 6.42. The minimum atomic E-state index is -0.0393. The molecule has 2 aromatic rings. The first-order chi connectivity index (χ1) is 12.1. The lowest BCUT2D eigenvalue weighted by Gasteiger charge is -2.21. The Hall–Kier alpha value is -1.95. The number of aryl methyl sites for hydroxylation is 1. The summed E-state index contributed by atoms with van der Waals surface area (Å²) in [5.41, 5.74) is 1.96. The van der Waals surface area contributed by atoms with Gasteiger partial charge in [0.25, 0.3) is 0 Å². The summed E-state index contributed by atoms with van der Waals surface area (Å²) >= 11 is 1.55. The van der Waals surface area contributed by atoms with Gasteiger partial charge in [0, 0.05) is 31.0 Å². The number of furan rings is 1.